The van der Waals surface area contributed by atoms with Crippen LogP contribution < -0.4 is 11.1 Å². The van der Waals surface area contributed by atoms with E-state index in [0.29, 0.717) is 0 Å². The normalized spacial score (nSPS) is 24.8. The average Bonchev–Trinajstić information content (AvgIpc) is 3.14. The maximum atomic E-state index is 15.0. The summed E-state index contributed by atoms with van der Waals surface area (Å²) in [5.74, 6) is -2.11. The number of amides is 1. The number of rotatable bonds is 1. The lowest BCUT2D eigenvalue weighted by molar-refractivity contribution is 0.0467. The number of hydrogen-bond acceptors (Lipinski definition) is 5. The molecule has 0 saturated carbocycles. The van der Waals surface area contributed by atoms with Gasteiger partial charge < -0.3 is 20.4 Å². The Morgan fingerprint density at radius 2 is 2.12 bits per heavy atom. The lowest BCUT2D eigenvalue weighted by atomic mass is 9.91. The van der Waals surface area contributed by atoms with E-state index in [4.69, 9.17) is 10.2 Å². The predicted octanol–water partition coefficient (Wildman–Crippen LogP) is 2.27. The van der Waals surface area contributed by atoms with E-state index in [0.717, 1.165) is 12.1 Å². The van der Waals surface area contributed by atoms with E-state index in [9.17, 15) is 13.6 Å². The number of alkyl halides is 1. The Hall–Kier alpha value is -2.97. The van der Waals surface area contributed by atoms with Gasteiger partial charge in [-0.15, -0.1) is 0 Å². The van der Waals surface area contributed by atoms with Gasteiger partial charge in [0.25, 0.3) is 5.91 Å². The van der Waals surface area contributed by atoms with Crippen LogP contribution in [0.2, 0.25) is 0 Å². The maximum absolute atomic E-state index is 15.0. The number of fused-ring (bicyclic) bond motifs is 1. The molecule has 1 saturated heterocycles. The largest absolute Gasteiger partial charge is 0.459 e. The number of nitrogens with two attached hydrogens (primary N) is 1. The van der Waals surface area contributed by atoms with Crippen LogP contribution in [-0.4, -0.2) is 41.6 Å². The molecule has 2 aliphatic heterocycles. The summed E-state index contributed by atoms with van der Waals surface area (Å²) in [6.07, 6.45) is -0.283. The average molecular weight is 364 g/mol. The van der Waals surface area contributed by atoms with E-state index in [1.807, 2.05) is 0 Å². The number of anilines is 1. The van der Waals surface area contributed by atoms with Crippen molar-refractivity contribution in [3.8, 4) is 0 Å². The van der Waals surface area contributed by atoms with E-state index in [1.165, 1.54) is 17.2 Å². The van der Waals surface area contributed by atoms with Crippen molar-refractivity contribution >= 4 is 17.4 Å². The molecule has 6 nitrogen and oxygen atoms in total. The number of amidine groups is 1. The van der Waals surface area contributed by atoms with Crippen molar-refractivity contribution in [2.45, 2.75) is 18.3 Å². The number of nitrogens with zero attached hydrogens (tertiary/aromatic N) is 2. The van der Waals surface area contributed by atoms with E-state index < -0.39 is 29.4 Å². The first kappa shape index (κ1) is 16.5. The molecule has 0 bridgehead atoms. The smallest absolute Gasteiger partial charge is 0.289 e. The van der Waals surface area contributed by atoms with Crippen LogP contribution >= 0.6 is 0 Å². The topological polar surface area (TPSA) is 83.9 Å². The number of carbonyl (C=O) groups excluding carboxylic acids is 1. The van der Waals surface area contributed by atoms with Crippen molar-refractivity contribution in [2.24, 2.45) is 10.7 Å². The summed E-state index contributed by atoms with van der Waals surface area (Å²) in [5, 5.41) is 2.68. The molecule has 2 atom stereocenters. The lowest BCUT2D eigenvalue weighted by Crippen LogP contribution is -2.60. The van der Waals surface area contributed by atoms with Crippen molar-refractivity contribution < 1.29 is 22.4 Å². The number of likely N-dealkylation sites (tertiary alicyclic amines) is 1. The molecule has 1 aromatic heterocycles. The van der Waals surface area contributed by atoms with Gasteiger partial charge in [0.1, 0.15) is 17.5 Å². The van der Waals surface area contributed by atoms with Crippen LogP contribution in [-0.2, 0) is 0 Å². The molecule has 0 unspecified atom stereocenters. The van der Waals surface area contributed by atoms with Gasteiger partial charge in [-0.2, -0.15) is 0 Å². The number of carbonyl (C=O) groups is 1. The summed E-state index contributed by atoms with van der Waals surface area (Å²) >= 11 is 0. The monoisotopic (exact) mass is 364 g/mol. The number of halogens is 3. The third kappa shape index (κ3) is 2.42. The van der Waals surface area contributed by atoms with E-state index in [-0.39, 0.29) is 42.4 Å². The zero-order chi connectivity index (χ0) is 18.5. The number of furan rings is 1. The molecule has 1 aromatic carbocycles. The highest BCUT2D eigenvalue weighted by atomic mass is 19.1. The number of benzene rings is 1. The van der Waals surface area contributed by atoms with E-state index >= 15 is 4.39 Å². The molecule has 2 aromatic rings. The minimum absolute atomic E-state index is 0.0384. The fraction of sp³-hybridized carbons (Fsp3) is 0.294. The maximum Gasteiger partial charge on any atom is 0.289 e. The van der Waals surface area contributed by atoms with Crippen LogP contribution in [0.25, 0.3) is 0 Å². The van der Waals surface area contributed by atoms with Gasteiger partial charge in [0.2, 0.25) is 0 Å². The summed E-state index contributed by atoms with van der Waals surface area (Å²) in [5.41, 5.74) is 3.82. The number of hydrogen-bond donors (Lipinski definition) is 2. The molecule has 1 amide bonds. The summed E-state index contributed by atoms with van der Waals surface area (Å²) in [4.78, 5) is 17.7. The van der Waals surface area contributed by atoms with Crippen molar-refractivity contribution in [3.63, 3.8) is 0 Å². The van der Waals surface area contributed by atoms with Crippen molar-refractivity contribution in [1.82, 2.24) is 4.90 Å². The minimum Gasteiger partial charge on any atom is -0.459 e. The molecule has 1 fully saturated rings. The standard InChI is InChI=1S/C17H15F3N4O2/c18-9-3-4-10(19)14-13(9)15(21)23-17(22-14)5-6-24(8-12(17)20)16(25)11-2-1-7-26-11/h1-4,7,12,22H,5-6,8H2,(H2,21,23)/t12-,17+/m0/s1. The highest BCUT2D eigenvalue weighted by Gasteiger charge is 2.48. The van der Waals surface area contributed by atoms with E-state index in [1.54, 1.807) is 6.07 Å². The van der Waals surface area contributed by atoms with Crippen LogP contribution in [0, 0.1) is 11.6 Å². The molecule has 0 aliphatic carbocycles. The molecule has 3 N–H and O–H groups in total. The molecular weight excluding hydrogens is 349 g/mol. The third-order valence-corrected chi connectivity index (χ3v) is 4.70. The van der Waals surface area contributed by atoms with Crippen molar-refractivity contribution in [2.75, 3.05) is 18.4 Å². The fourth-order valence-corrected chi connectivity index (χ4v) is 3.34. The van der Waals surface area contributed by atoms with Crippen LogP contribution in [0.4, 0.5) is 18.9 Å². The molecule has 2 aliphatic rings. The quantitative estimate of drug-likeness (QED) is 0.813. The number of piperidine rings is 1. The lowest BCUT2D eigenvalue weighted by Gasteiger charge is -2.44. The Bertz CT molecular complexity index is 900. The Kier molecular flexibility index (Phi) is 3.67. The van der Waals surface area contributed by atoms with Gasteiger partial charge in [-0.1, -0.05) is 0 Å². The highest BCUT2D eigenvalue weighted by Crippen LogP contribution is 2.38. The van der Waals surface area contributed by atoms with E-state index in [2.05, 4.69) is 10.3 Å². The van der Waals surface area contributed by atoms with Gasteiger partial charge in [-0.25, -0.2) is 18.2 Å². The van der Waals surface area contributed by atoms with Crippen LogP contribution in [0.1, 0.15) is 22.5 Å². The second kappa shape index (κ2) is 5.79. The summed E-state index contributed by atoms with van der Waals surface area (Å²) in [7, 11) is 0. The molecule has 136 valence electrons. The van der Waals surface area contributed by atoms with Gasteiger partial charge in [0.05, 0.1) is 24.1 Å². The van der Waals surface area contributed by atoms with Gasteiger partial charge in [-0.3, -0.25) is 4.79 Å². The van der Waals surface area contributed by atoms with Gasteiger partial charge in [0.15, 0.2) is 17.6 Å². The second-order valence-electron chi connectivity index (χ2n) is 6.27. The predicted molar refractivity (Wildman–Crippen MR) is 87.6 cm³/mol. The Morgan fingerprint density at radius 1 is 1.35 bits per heavy atom. The van der Waals surface area contributed by atoms with Crippen LogP contribution in [0.15, 0.2) is 39.9 Å². The molecule has 3 heterocycles. The second-order valence-corrected chi connectivity index (χ2v) is 6.27. The summed E-state index contributed by atoms with van der Waals surface area (Å²) < 4.78 is 48.2. The van der Waals surface area contributed by atoms with Crippen molar-refractivity contribution in [3.05, 3.63) is 53.5 Å². The summed E-state index contributed by atoms with van der Waals surface area (Å²) in [6.45, 7) is -0.133. The summed E-state index contributed by atoms with van der Waals surface area (Å²) in [6, 6.07) is 4.93. The molecule has 26 heavy (non-hydrogen) atoms. The van der Waals surface area contributed by atoms with Crippen LogP contribution in [0.5, 0.6) is 0 Å². The zero-order valence-corrected chi connectivity index (χ0v) is 13.5. The Labute approximate surface area is 146 Å². The van der Waals surface area contributed by atoms with Gasteiger partial charge >= 0.3 is 0 Å². The molecule has 1 spiro atoms. The molecule has 9 heteroatoms. The molecular formula is C17H15F3N4O2. The van der Waals surface area contributed by atoms with Crippen molar-refractivity contribution in [1.29, 1.82) is 0 Å². The van der Waals surface area contributed by atoms with Crippen LogP contribution in [0.3, 0.4) is 0 Å². The number of aliphatic imine (C=N–C) groups is 1. The van der Waals surface area contributed by atoms with Gasteiger partial charge in [0, 0.05) is 13.0 Å². The fourth-order valence-electron chi connectivity index (χ4n) is 3.34. The first-order valence-corrected chi connectivity index (χ1v) is 8.00. The minimum atomic E-state index is -1.68. The zero-order valence-electron chi connectivity index (χ0n) is 13.5. The molecule has 4 rings (SSSR count). The Balaban J connectivity index is 1.63. The third-order valence-electron chi connectivity index (χ3n) is 4.70. The first-order valence-electron chi connectivity index (χ1n) is 8.00. The highest BCUT2D eigenvalue weighted by molar-refractivity contribution is 6.04. The number of nitrogens with one attached hydrogen (secondary N) is 1. The molecule has 0 radical (unpaired) electrons. The SMILES string of the molecule is NC1=N[C@@]2(CCN(C(=O)c3ccco3)C[C@@H]2F)Nc2c(F)ccc(F)c21. The van der Waals surface area contributed by atoms with Gasteiger partial charge in [-0.05, 0) is 24.3 Å². The first-order chi connectivity index (χ1) is 12.4. The Morgan fingerprint density at radius 3 is 2.81 bits per heavy atom.